The van der Waals surface area contributed by atoms with Crippen LogP contribution in [0.25, 0.3) is 0 Å². The highest BCUT2D eigenvalue weighted by atomic mass is 32.1. The molecule has 0 aromatic carbocycles. The van der Waals surface area contributed by atoms with Gasteiger partial charge in [-0.1, -0.05) is 11.3 Å². The largest absolute Gasteiger partial charge is 0.481 e. The molecule has 1 rings (SSSR count). The lowest BCUT2D eigenvalue weighted by atomic mass is 10.2. The van der Waals surface area contributed by atoms with Crippen molar-refractivity contribution < 1.29 is 27.8 Å². The van der Waals surface area contributed by atoms with Gasteiger partial charge in [-0.25, -0.2) is 0 Å². The summed E-state index contributed by atoms with van der Waals surface area (Å²) in [7, 11) is 1.32. The molecule has 0 saturated heterocycles. The second-order valence-electron chi connectivity index (χ2n) is 3.25. The van der Waals surface area contributed by atoms with Crippen LogP contribution in [-0.4, -0.2) is 41.0 Å². The highest BCUT2D eigenvalue weighted by Crippen LogP contribution is 2.32. The van der Waals surface area contributed by atoms with Crippen molar-refractivity contribution in [3.05, 3.63) is 5.01 Å². The fourth-order valence-corrected chi connectivity index (χ4v) is 1.66. The van der Waals surface area contributed by atoms with E-state index >= 15 is 0 Å². The van der Waals surface area contributed by atoms with Gasteiger partial charge in [0.05, 0.1) is 12.5 Å². The van der Waals surface area contributed by atoms with Crippen LogP contribution in [0.15, 0.2) is 0 Å². The Hall–Kier alpha value is -1.42. The van der Waals surface area contributed by atoms with E-state index < -0.39 is 23.3 Å². The lowest BCUT2D eigenvalue weighted by molar-refractivity contribution is -0.139. The van der Waals surface area contributed by atoms with Gasteiger partial charge < -0.3 is 15.2 Å². The van der Waals surface area contributed by atoms with Crippen molar-refractivity contribution in [2.75, 3.05) is 19.0 Å². The second kappa shape index (κ2) is 5.96. The van der Waals surface area contributed by atoms with E-state index in [4.69, 9.17) is 9.84 Å². The maximum atomic E-state index is 12.2. The predicted octanol–water partition coefficient (Wildman–Crippen LogP) is 1.46. The zero-order valence-corrected chi connectivity index (χ0v) is 10.0. The van der Waals surface area contributed by atoms with Crippen molar-refractivity contribution in [2.24, 2.45) is 0 Å². The minimum Gasteiger partial charge on any atom is -0.481 e. The van der Waals surface area contributed by atoms with Crippen molar-refractivity contribution >= 4 is 22.4 Å². The Morgan fingerprint density at radius 1 is 1.56 bits per heavy atom. The van der Waals surface area contributed by atoms with E-state index in [9.17, 15) is 18.0 Å². The first kappa shape index (κ1) is 14.6. The lowest BCUT2D eigenvalue weighted by Crippen LogP contribution is -2.24. The summed E-state index contributed by atoms with van der Waals surface area (Å²) in [6.07, 6.45) is -5.44. The zero-order valence-electron chi connectivity index (χ0n) is 9.19. The SMILES string of the molecule is COC(CNc1nnc(C(F)(F)F)s1)CC(=O)O. The zero-order chi connectivity index (χ0) is 13.8. The summed E-state index contributed by atoms with van der Waals surface area (Å²) >= 11 is 0.350. The molecule has 102 valence electrons. The molecule has 0 spiro atoms. The highest BCUT2D eigenvalue weighted by Gasteiger charge is 2.35. The van der Waals surface area contributed by atoms with Gasteiger partial charge in [0.25, 0.3) is 0 Å². The molecule has 6 nitrogen and oxygen atoms in total. The Labute approximate surface area is 104 Å². The molecule has 0 aliphatic carbocycles. The molecule has 2 N–H and O–H groups in total. The van der Waals surface area contributed by atoms with E-state index in [1.54, 1.807) is 0 Å². The van der Waals surface area contributed by atoms with E-state index in [0.717, 1.165) is 0 Å². The van der Waals surface area contributed by atoms with Crippen LogP contribution in [0.3, 0.4) is 0 Å². The Morgan fingerprint density at radius 3 is 2.67 bits per heavy atom. The highest BCUT2D eigenvalue weighted by molar-refractivity contribution is 7.15. The third kappa shape index (κ3) is 4.45. The number of aliphatic carboxylic acids is 1. The Balaban J connectivity index is 2.52. The number of nitrogens with zero attached hydrogens (tertiary/aromatic N) is 2. The van der Waals surface area contributed by atoms with E-state index in [0.29, 0.717) is 11.3 Å². The van der Waals surface area contributed by atoms with Gasteiger partial charge in [0.2, 0.25) is 10.1 Å². The normalized spacial score (nSPS) is 13.3. The summed E-state index contributed by atoms with van der Waals surface area (Å²) in [5.41, 5.74) is 0. The molecule has 18 heavy (non-hydrogen) atoms. The molecule has 10 heteroatoms. The van der Waals surface area contributed by atoms with Crippen LogP contribution >= 0.6 is 11.3 Å². The number of ether oxygens (including phenoxy) is 1. The Kier molecular flexibility index (Phi) is 4.84. The summed E-state index contributed by atoms with van der Waals surface area (Å²) in [5, 5.41) is 16.3. The number of alkyl halides is 3. The average Bonchev–Trinajstić information content (AvgIpc) is 2.71. The van der Waals surface area contributed by atoms with Crippen LogP contribution in [0.2, 0.25) is 0 Å². The molecule has 0 saturated carbocycles. The van der Waals surface area contributed by atoms with E-state index in [1.165, 1.54) is 7.11 Å². The van der Waals surface area contributed by atoms with Gasteiger partial charge in [0, 0.05) is 13.7 Å². The number of nitrogens with one attached hydrogen (secondary N) is 1. The predicted molar refractivity (Wildman–Crippen MR) is 56.5 cm³/mol. The molecule has 0 fully saturated rings. The van der Waals surface area contributed by atoms with E-state index in [-0.39, 0.29) is 18.1 Å². The summed E-state index contributed by atoms with van der Waals surface area (Å²) in [4.78, 5) is 10.4. The number of methoxy groups -OCH3 is 1. The maximum absolute atomic E-state index is 12.2. The number of aromatic nitrogens is 2. The molecule has 0 amide bonds. The molecule has 1 heterocycles. The standard InChI is InChI=1S/C8H10F3N3O3S/c1-17-4(2-5(15)16)3-12-7-14-13-6(18-7)8(9,10)11/h4H,2-3H2,1H3,(H,12,14)(H,15,16). The first-order chi connectivity index (χ1) is 8.32. The number of hydrogen-bond donors (Lipinski definition) is 2. The Bertz CT molecular complexity index is 410. The first-order valence-electron chi connectivity index (χ1n) is 4.72. The van der Waals surface area contributed by atoms with Crippen LogP contribution in [-0.2, 0) is 15.7 Å². The lowest BCUT2D eigenvalue weighted by Gasteiger charge is -2.12. The molecule has 1 aromatic heterocycles. The number of carboxylic acid groups (broad SMARTS) is 1. The van der Waals surface area contributed by atoms with Crippen molar-refractivity contribution in [1.29, 1.82) is 0 Å². The number of carboxylic acids is 1. The van der Waals surface area contributed by atoms with Crippen LogP contribution in [0, 0.1) is 0 Å². The third-order valence-corrected chi connectivity index (χ3v) is 2.81. The molecule has 1 aromatic rings. The van der Waals surface area contributed by atoms with Crippen LogP contribution in [0.4, 0.5) is 18.3 Å². The second-order valence-corrected chi connectivity index (χ2v) is 4.22. The van der Waals surface area contributed by atoms with Gasteiger partial charge in [0.15, 0.2) is 0 Å². The molecular weight excluding hydrogens is 275 g/mol. The molecular formula is C8H10F3N3O3S. The van der Waals surface area contributed by atoms with Crippen molar-refractivity contribution in [3.63, 3.8) is 0 Å². The van der Waals surface area contributed by atoms with E-state index in [2.05, 4.69) is 15.5 Å². The molecule has 0 aliphatic heterocycles. The van der Waals surface area contributed by atoms with Gasteiger partial charge in [0.1, 0.15) is 0 Å². The summed E-state index contributed by atoms with van der Waals surface area (Å²) in [6.45, 7) is 0.0370. The van der Waals surface area contributed by atoms with Crippen LogP contribution in [0.1, 0.15) is 11.4 Å². The molecule has 0 radical (unpaired) electrons. The van der Waals surface area contributed by atoms with E-state index in [1.807, 2.05) is 0 Å². The molecule has 1 atom stereocenters. The number of carbonyl (C=O) groups is 1. The fraction of sp³-hybridized carbons (Fsp3) is 0.625. The number of anilines is 1. The minimum absolute atomic E-state index is 0.0326. The monoisotopic (exact) mass is 285 g/mol. The van der Waals surface area contributed by atoms with Crippen molar-refractivity contribution in [3.8, 4) is 0 Å². The molecule has 0 aliphatic rings. The minimum atomic E-state index is -4.53. The summed E-state index contributed by atoms with van der Waals surface area (Å²) < 4.78 is 41.5. The van der Waals surface area contributed by atoms with Crippen LogP contribution in [0.5, 0.6) is 0 Å². The van der Waals surface area contributed by atoms with Gasteiger partial charge in [-0.2, -0.15) is 13.2 Å². The summed E-state index contributed by atoms with van der Waals surface area (Å²) in [6, 6.07) is 0. The maximum Gasteiger partial charge on any atom is 0.445 e. The molecule has 1 unspecified atom stereocenters. The van der Waals surface area contributed by atoms with Crippen molar-refractivity contribution in [1.82, 2.24) is 10.2 Å². The van der Waals surface area contributed by atoms with Crippen LogP contribution < -0.4 is 5.32 Å². The average molecular weight is 285 g/mol. The van der Waals surface area contributed by atoms with Gasteiger partial charge in [-0.3, -0.25) is 4.79 Å². The Morgan fingerprint density at radius 2 is 2.22 bits per heavy atom. The molecule has 0 bridgehead atoms. The van der Waals surface area contributed by atoms with Gasteiger partial charge >= 0.3 is 12.1 Å². The third-order valence-electron chi connectivity index (χ3n) is 1.88. The first-order valence-corrected chi connectivity index (χ1v) is 5.53. The number of halogens is 3. The van der Waals surface area contributed by atoms with Crippen molar-refractivity contribution in [2.45, 2.75) is 18.7 Å². The number of rotatable bonds is 6. The fourth-order valence-electron chi connectivity index (χ4n) is 1.04. The smallest absolute Gasteiger partial charge is 0.445 e. The van der Waals surface area contributed by atoms with Gasteiger partial charge in [-0.05, 0) is 0 Å². The summed E-state index contributed by atoms with van der Waals surface area (Å²) in [5.74, 6) is -1.06. The quantitative estimate of drug-likeness (QED) is 0.823. The number of hydrogen-bond acceptors (Lipinski definition) is 6. The van der Waals surface area contributed by atoms with Gasteiger partial charge in [-0.15, -0.1) is 10.2 Å². The topological polar surface area (TPSA) is 84.3 Å².